The van der Waals surface area contributed by atoms with Crippen LogP contribution in [0.1, 0.15) is 38.0 Å². The molecular weight excluding hydrogens is 425 g/mol. The summed E-state index contributed by atoms with van der Waals surface area (Å²) in [6.45, 7) is 1.53. The standard InChI is InChI=1S/C23H17Cl2NO4/c1-14(21(27)15-5-3-2-4-6-15)30-23(29)16-7-10-18(11-8-16)26-22(28)17-9-12-19(24)20(25)13-17/h2-14H,1H3,(H,26,28). The van der Waals surface area contributed by atoms with Crippen molar-refractivity contribution >= 4 is 46.5 Å². The molecule has 0 fully saturated rings. The third kappa shape index (κ3) is 5.26. The van der Waals surface area contributed by atoms with Gasteiger partial charge in [-0.2, -0.15) is 0 Å². The van der Waals surface area contributed by atoms with Crippen molar-refractivity contribution in [3.8, 4) is 0 Å². The molecule has 1 unspecified atom stereocenters. The van der Waals surface area contributed by atoms with Crippen molar-refractivity contribution in [2.24, 2.45) is 0 Å². The zero-order valence-corrected chi connectivity index (χ0v) is 17.4. The molecule has 0 aliphatic heterocycles. The van der Waals surface area contributed by atoms with E-state index in [0.717, 1.165) is 0 Å². The Balaban J connectivity index is 1.62. The molecule has 0 aromatic heterocycles. The molecule has 1 atom stereocenters. The highest BCUT2D eigenvalue weighted by molar-refractivity contribution is 6.42. The quantitative estimate of drug-likeness (QED) is 0.394. The SMILES string of the molecule is CC(OC(=O)c1ccc(NC(=O)c2ccc(Cl)c(Cl)c2)cc1)C(=O)c1ccccc1. The summed E-state index contributed by atoms with van der Waals surface area (Å²) < 4.78 is 5.26. The van der Waals surface area contributed by atoms with Gasteiger partial charge in [0.25, 0.3) is 5.91 Å². The van der Waals surface area contributed by atoms with Crippen LogP contribution in [0.4, 0.5) is 5.69 Å². The topological polar surface area (TPSA) is 72.5 Å². The number of benzene rings is 3. The van der Waals surface area contributed by atoms with Gasteiger partial charge in [-0.3, -0.25) is 9.59 Å². The summed E-state index contributed by atoms with van der Waals surface area (Å²) in [6.07, 6.45) is -0.922. The largest absolute Gasteiger partial charge is 0.451 e. The van der Waals surface area contributed by atoms with E-state index >= 15 is 0 Å². The minimum Gasteiger partial charge on any atom is -0.451 e. The van der Waals surface area contributed by atoms with Crippen LogP contribution in [-0.4, -0.2) is 23.8 Å². The molecule has 0 saturated heterocycles. The zero-order valence-electron chi connectivity index (χ0n) is 15.9. The number of esters is 1. The van der Waals surface area contributed by atoms with E-state index in [2.05, 4.69) is 5.32 Å². The number of Topliss-reactive ketones (excluding diaryl/α,β-unsaturated/α-hetero) is 1. The number of carbonyl (C=O) groups excluding carboxylic acids is 3. The van der Waals surface area contributed by atoms with Crippen LogP contribution < -0.4 is 5.32 Å². The third-order valence-electron chi connectivity index (χ3n) is 4.27. The highest BCUT2D eigenvalue weighted by Gasteiger charge is 2.20. The summed E-state index contributed by atoms with van der Waals surface area (Å²) >= 11 is 11.8. The lowest BCUT2D eigenvalue weighted by Crippen LogP contribution is -2.24. The summed E-state index contributed by atoms with van der Waals surface area (Å²) in [7, 11) is 0. The van der Waals surface area contributed by atoms with Crippen molar-refractivity contribution < 1.29 is 19.1 Å². The van der Waals surface area contributed by atoms with Crippen molar-refractivity contribution in [3.63, 3.8) is 0 Å². The van der Waals surface area contributed by atoms with Gasteiger partial charge in [0.1, 0.15) is 0 Å². The number of amides is 1. The van der Waals surface area contributed by atoms with Crippen LogP contribution in [-0.2, 0) is 4.74 Å². The first-order chi connectivity index (χ1) is 14.3. The Kier molecular flexibility index (Phi) is 6.87. The molecule has 152 valence electrons. The van der Waals surface area contributed by atoms with E-state index in [1.165, 1.54) is 31.2 Å². The molecule has 30 heavy (non-hydrogen) atoms. The molecule has 0 heterocycles. The molecule has 7 heteroatoms. The molecule has 0 spiro atoms. The first kappa shape index (κ1) is 21.6. The molecule has 3 aromatic rings. The second kappa shape index (κ2) is 9.57. The molecule has 0 radical (unpaired) electrons. The number of anilines is 1. The van der Waals surface area contributed by atoms with E-state index in [9.17, 15) is 14.4 Å². The molecule has 5 nitrogen and oxygen atoms in total. The number of ketones is 1. The summed E-state index contributed by atoms with van der Waals surface area (Å²) in [6, 6.07) is 19.3. The van der Waals surface area contributed by atoms with Gasteiger partial charge in [-0.05, 0) is 49.4 Å². The van der Waals surface area contributed by atoms with Gasteiger partial charge in [0.05, 0.1) is 15.6 Å². The maximum Gasteiger partial charge on any atom is 0.338 e. The van der Waals surface area contributed by atoms with Gasteiger partial charge in [0.2, 0.25) is 5.78 Å². The summed E-state index contributed by atoms with van der Waals surface area (Å²) in [4.78, 5) is 37.0. The van der Waals surface area contributed by atoms with Gasteiger partial charge in [-0.25, -0.2) is 4.79 Å². The fourth-order valence-corrected chi connectivity index (χ4v) is 2.95. The highest BCUT2D eigenvalue weighted by Crippen LogP contribution is 2.23. The molecule has 0 aliphatic carbocycles. The maximum atomic E-state index is 12.3. The Morgan fingerprint density at radius 3 is 2.07 bits per heavy atom. The summed E-state index contributed by atoms with van der Waals surface area (Å²) in [5.74, 6) is -1.28. The first-order valence-corrected chi connectivity index (χ1v) is 9.77. The Hall–Kier alpha value is -3.15. The molecule has 3 rings (SSSR count). The Bertz CT molecular complexity index is 1080. The van der Waals surface area contributed by atoms with Crippen LogP contribution in [0.3, 0.4) is 0 Å². The minimum atomic E-state index is -0.922. The Morgan fingerprint density at radius 2 is 1.43 bits per heavy atom. The van der Waals surface area contributed by atoms with E-state index in [0.29, 0.717) is 21.8 Å². The Morgan fingerprint density at radius 1 is 0.800 bits per heavy atom. The van der Waals surface area contributed by atoms with Gasteiger partial charge >= 0.3 is 5.97 Å². The fourth-order valence-electron chi connectivity index (χ4n) is 2.65. The number of hydrogen-bond acceptors (Lipinski definition) is 4. The third-order valence-corrected chi connectivity index (χ3v) is 5.01. The maximum absolute atomic E-state index is 12.3. The van der Waals surface area contributed by atoms with Crippen LogP contribution in [0, 0.1) is 0 Å². The van der Waals surface area contributed by atoms with Crippen LogP contribution in [0.25, 0.3) is 0 Å². The molecule has 0 aliphatic rings. The van der Waals surface area contributed by atoms with Crippen LogP contribution in [0.15, 0.2) is 72.8 Å². The number of nitrogens with one attached hydrogen (secondary N) is 1. The number of carbonyl (C=O) groups is 3. The molecular formula is C23H17Cl2NO4. The molecule has 3 aromatic carbocycles. The predicted octanol–water partition coefficient (Wildman–Crippen LogP) is 5.67. The smallest absolute Gasteiger partial charge is 0.338 e. The summed E-state index contributed by atoms with van der Waals surface area (Å²) in [5.41, 5.74) is 1.56. The lowest BCUT2D eigenvalue weighted by molar-refractivity contribution is 0.0319. The number of hydrogen-bond donors (Lipinski definition) is 1. The summed E-state index contributed by atoms with van der Waals surface area (Å²) in [5, 5.41) is 3.34. The number of halogens is 2. The van der Waals surface area contributed by atoms with Crippen LogP contribution in [0.2, 0.25) is 10.0 Å². The first-order valence-electron chi connectivity index (χ1n) is 9.02. The van der Waals surface area contributed by atoms with Crippen LogP contribution in [0.5, 0.6) is 0 Å². The van der Waals surface area contributed by atoms with E-state index < -0.39 is 12.1 Å². The lowest BCUT2D eigenvalue weighted by Gasteiger charge is -2.13. The van der Waals surface area contributed by atoms with E-state index in [4.69, 9.17) is 27.9 Å². The zero-order chi connectivity index (χ0) is 21.7. The number of rotatable bonds is 6. The lowest BCUT2D eigenvalue weighted by atomic mass is 10.1. The van der Waals surface area contributed by atoms with Gasteiger partial charge < -0.3 is 10.1 Å². The normalized spacial score (nSPS) is 11.4. The molecule has 0 saturated carbocycles. The minimum absolute atomic E-state index is 0.259. The molecule has 1 amide bonds. The van der Waals surface area contributed by atoms with E-state index in [-0.39, 0.29) is 22.3 Å². The average molecular weight is 442 g/mol. The van der Waals surface area contributed by atoms with Crippen molar-refractivity contribution in [3.05, 3.63) is 99.5 Å². The van der Waals surface area contributed by atoms with E-state index in [1.54, 1.807) is 48.5 Å². The molecule has 0 bridgehead atoms. The Labute approximate surface area is 183 Å². The molecule has 1 N–H and O–H groups in total. The van der Waals surface area contributed by atoms with Gasteiger partial charge in [0.15, 0.2) is 6.10 Å². The predicted molar refractivity (Wildman–Crippen MR) is 117 cm³/mol. The van der Waals surface area contributed by atoms with Gasteiger partial charge in [-0.1, -0.05) is 53.5 Å². The number of ether oxygens (including phenoxy) is 1. The fraction of sp³-hybridized carbons (Fsp3) is 0.0870. The van der Waals surface area contributed by atoms with E-state index in [1.807, 2.05) is 0 Å². The second-order valence-corrected chi connectivity index (χ2v) is 7.25. The highest BCUT2D eigenvalue weighted by atomic mass is 35.5. The van der Waals surface area contributed by atoms with Crippen molar-refractivity contribution in [2.75, 3.05) is 5.32 Å². The van der Waals surface area contributed by atoms with Gasteiger partial charge in [0, 0.05) is 16.8 Å². The monoisotopic (exact) mass is 441 g/mol. The second-order valence-electron chi connectivity index (χ2n) is 6.44. The van der Waals surface area contributed by atoms with Crippen molar-refractivity contribution in [1.29, 1.82) is 0 Å². The van der Waals surface area contributed by atoms with Gasteiger partial charge in [-0.15, -0.1) is 0 Å². The van der Waals surface area contributed by atoms with Crippen LogP contribution >= 0.6 is 23.2 Å². The van der Waals surface area contributed by atoms with Crippen molar-refractivity contribution in [1.82, 2.24) is 0 Å². The average Bonchev–Trinajstić information content (AvgIpc) is 2.76. The van der Waals surface area contributed by atoms with Crippen molar-refractivity contribution in [2.45, 2.75) is 13.0 Å².